The summed E-state index contributed by atoms with van der Waals surface area (Å²) in [6, 6.07) is 16.2. The van der Waals surface area contributed by atoms with Crippen LogP contribution in [0.4, 0.5) is 10.1 Å². The molecule has 7 heteroatoms. The fourth-order valence-electron chi connectivity index (χ4n) is 2.40. The zero-order chi connectivity index (χ0) is 19.8. The van der Waals surface area contributed by atoms with Crippen LogP contribution in [-0.2, 0) is 11.3 Å². The average molecular weight is 385 g/mol. The van der Waals surface area contributed by atoms with Crippen molar-refractivity contribution in [3.63, 3.8) is 0 Å². The highest BCUT2D eigenvalue weighted by molar-refractivity contribution is 6.02. The smallest absolute Gasteiger partial charge is 0.291 e. The molecule has 1 unspecified atom stereocenters. The van der Waals surface area contributed by atoms with E-state index in [1.807, 2.05) is 0 Å². The first kappa shape index (κ1) is 19.6. The first-order valence-electron chi connectivity index (χ1n) is 8.69. The van der Waals surface area contributed by atoms with Gasteiger partial charge in [0.25, 0.3) is 5.91 Å². The molecule has 2 N–H and O–H groups in total. The fraction of sp³-hybridized carbons (Fsp3) is 0.190. The second kappa shape index (κ2) is 9.68. The molecule has 0 aliphatic heterocycles. The molecule has 6 nitrogen and oxygen atoms in total. The van der Waals surface area contributed by atoms with E-state index < -0.39 is 6.10 Å². The summed E-state index contributed by atoms with van der Waals surface area (Å²) >= 11 is 0. The molecule has 3 aromatic rings. The molecule has 0 saturated carbocycles. The van der Waals surface area contributed by atoms with E-state index in [2.05, 4.69) is 5.32 Å². The number of nitrogens with one attached hydrogen (secondary N) is 1. The number of halogens is 1. The van der Waals surface area contributed by atoms with Crippen LogP contribution in [-0.4, -0.2) is 30.3 Å². The van der Waals surface area contributed by atoms with E-state index in [0.717, 1.165) is 0 Å². The number of amides is 1. The Balaban J connectivity index is 1.39. The van der Waals surface area contributed by atoms with Gasteiger partial charge in [0.1, 0.15) is 24.3 Å². The van der Waals surface area contributed by atoms with Crippen molar-refractivity contribution in [3.05, 3.63) is 84.1 Å². The van der Waals surface area contributed by atoms with Gasteiger partial charge in [-0.05, 0) is 42.5 Å². The summed E-state index contributed by atoms with van der Waals surface area (Å²) in [5, 5.41) is 12.6. The maximum absolute atomic E-state index is 13.5. The van der Waals surface area contributed by atoms with Crippen molar-refractivity contribution in [2.24, 2.45) is 0 Å². The molecule has 0 aliphatic carbocycles. The van der Waals surface area contributed by atoms with Crippen molar-refractivity contribution in [2.45, 2.75) is 12.7 Å². The largest absolute Gasteiger partial charge is 0.491 e. The van der Waals surface area contributed by atoms with Crippen LogP contribution in [0, 0.1) is 5.82 Å². The van der Waals surface area contributed by atoms with Gasteiger partial charge in [-0.2, -0.15) is 0 Å². The SMILES string of the molecule is O=C(Nc1ccc(OCC(O)COCc2ccccc2F)cc1)c1ccco1. The first-order chi connectivity index (χ1) is 13.6. The average Bonchev–Trinajstić information content (AvgIpc) is 3.24. The number of benzene rings is 2. The molecule has 1 aromatic heterocycles. The van der Waals surface area contributed by atoms with Crippen molar-refractivity contribution in [1.82, 2.24) is 0 Å². The van der Waals surface area contributed by atoms with Gasteiger partial charge < -0.3 is 24.3 Å². The number of carbonyl (C=O) groups is 1. The Morgan fingerprint density at radius 1 is 1.07 bits per heavy atom. The van der Waals surface area contributed by atoms with Crippen LogP contribution in [0.1, 0.15) is 16.1 Å². The lowest BCUT2D eigenvalue weighted by molar-refractivity contribution is 0.00477. The summed E-state index contributed by atoms with van der Waals surface area (Å²) in [4.78, 5) is 11.9. The number of aliphatic hydroxyl groups is 1. The molecule has 0 saturated heterocycles. The highest BCUT2D eigenvalue weighted by Gasteiger charge is 2.10. The summed E-state index contributed by atoms with van der Waals surface area (Å²) < 4.78 is 29.3. The molecule has 1 atom stereocenters. The Bertz CT molecular complexity index is 880. The van der Waals surface area contributed by atoms with Crippen LogP contribution in [0.25, 0.3) is 0 Å². The number of hydrogen-bond acceptors (Lipinski definition) is 5. The first-order valence-corrected chi connectivity index (χ1v) is 8.69. The minimum atomic E-state index is -0.856. The van der Waals surface area contributed by atoms with Crippen molar-refractivity contribution >= 4 is 11.6 Å². The summed E-state index contributed by atoms with van der Waals surface area (Å²) in [6.45, 7) is 0.120. The Kier molecular flexibility index (Phi) is 6.78. The molecule has 0 radical (unpaired) electrons. The minimum Gasteiger partial charge on any atom is -0.491 e. The lowest BCUT2D eigenvalue weighted by atomic mass is 10.2. The molecule has 3 rings (SSSR count). The molecule has 0 aliphatic rings. The van der Waals surface area contributed by atoms with E-state index in [1.165, 1.54) is 12.3 Å². The van der Waals surface area contributed by atoms with Crippen molar-refractivity contribution in [1.29, 1.82) is 0 Å². The van der Waals surface area contributed by atoms with Gasteiger partial charge in [0.05, 0.1) is 19.5 Å². The Morgan fingerprint density at radius 3 is 2.57 bits per heavy atom. The molecular weight excluding hydrogens is 365 g/mol. The van der Waals surface area contributed by atoms with Crippen molar-refractivity contribution in [3.8, 4) is 5.75 Å². The third-order valence-electron chi connectivity index (χ3n) is 3.83. The highest BCUT2D eigenvalue weighted by Crippen LogP contribution is 2.17. The van der Waals surface area contributed by atoms with Gasteiger partial charge in [-0.3, -0.25) is 4.79 Å². The van der Waals surface area contributed by atoms with Crippen LogP contribution in [0.15, 0.2) is 71.3 Å². The monoisotopic (exact) mass is 385 g/mol. The van der Waals surface area contributed by atoms with Crippen molar-refractivity contribution < 1.29 is 28.2 Å². The van der Waals surface area contributed by atoms with Gasteiger partial charge in [-0.1, -0.05) is 18.2 Å². The molecule has 1 amide bonds. The molecule has 2 aromatic carbocycles. The summed E-state index contributed by atoms with van der Waals surface area (Å²) in [6.07, 6.45) is 0.571. The van der Waals surface area contributed by atoms with E-state index >= 15 is 0 Å². The zero-order valence-corrected chi connectivity index (χ0v) is 15.0. The van der Waals surface area contributed by atoms with E-state index in [-0.39, 0.29) is 37.3 Å². The Morgan fingerprint density at radius 2 is 1.86 bits per heavy atom. The minimum absolute atomic E-state index is 0.0195. The molecule has 1 heterocycles. The van der Waals surface area contributed by atoms with E-state index in [4.69, 9.17) is 13.9 Å². The van der Waals surface area contributed by atoms with Crippen LogP contribution in [0.5, 0.6) is 5.75 Å². The second-order valence-electron chi connectivity index (χ2n) is 6.03. The van der Waals surface area contributed by atoms with Crippen LogP contribution in [0.3, 0.4) is 0 Å². The number of carbonyl (C=O) groups excluding carboxylic acids is 1. The van der Waals surface area contributed by atoms with Gasteiger partial charge >= 0.3 is 0 Å². The Hall–Kier alpha value is -3.16. The van der Waals surface area contributed by atoms with Gasteiger partial charge in [-0.25, -0.2) is 4.39 Å². The fourth-order valence-corrected chi connectivity index (χ4v) is 2.40. The van der Waals surface area contributed by atoms with Gasteiger partial charge in [0.2, 0.25) is 0 Å². The van der Waals surface area contributed by atoms with Crippen molar-refractivity contribution in [2.75, 3.05) is 18.5 Å². The van der Waals surface area contributed by atoms with Crippen LogP contribution >= 0.6 is 0 Å². The molecule has 0 bridgehead atoms. The molecular formula is C21H20FNO5. The number of anilines is 1. The topological polar surface area (TPSA) is 80.9 Å². The standard InChI is InChI=1S/C21H20FNO5/c22-19-5-2-1-4-15(19)12-26-13-17(24)14-28-18-9-7-16(8-10-18)23-21(25)20-6-3-11-27-20/h1-11,17,24H,12-14H2,(H,23,25). The normalized spacial score (nSPS) is 11.8. The van der Waals surface area contributed by atoms with Crippen LogP contribution < -0.4 is 10.1 Å². The number of ether oxygens (including phenoxy) is 2. The van der Waals surface area contributed by atoms with Gasteiger partial charge in [0.15, 0.2) is 5.76 Å². The highest BCUT2D eigenvalue weighted by atomic mass is 19.1. The van der Waals surface area contributed by atoms with Crippen LogP contribution in [0.2, 0.25) is 0 Å². The summed E-state index contributed by atoms with van der Waals surface area (Å²) in [5.41, 5.74) is 1.02. The van der Waals surface area contributed by atoms with E-state index in [0.29, 0.717) is 17.0 Å². The molecule has 28 heavy (non-hydrogen) atoms. The molecule has 0 fully saturated rings. The van der Waals surface area contributed by atoms with Gasteiger partial charge in [0, 0.05) is 11.3 Å². The number of aliphatic hydroxyl groups excluding tert-OH is 1. The molecule has 146 valence electrons. The number of hydrogen-bond donors (Lipinski definition) is 2. The number of rotatable bonds is 9. The van der Waals surface area contributed by atoms with E-state index in [1.54, 1.807) is 54.6 Å². The molecule has 0 spiro atoms. The maximum atomic E-state index is 13.5. The zero-order valence-electron chi connectivity index (χ0n) is 15.0. The Labute approximate surface area is 161 Å². The third kappa shape index (κ3) is 5.67. The second-order valence-corrected chi connectivity index (χ2v) is 6.03. The maximum Gasteiger partial charge on any atom is 0.291 e. The third-order valence-corrected chi connectivity index (χ3v) is 3.83. The summed E-state index contributed by atoms with van der Waals surface area (Å²) in [7, 11) is 0. The summed E-state index contributed by atoms with van der Waals surface area (Å²) in [5.74, 6) is 0.0662. The lowest BCUT2D eigenvalue weighted by Gasteiger charge is -2.13. The predicted molar refractivity (Wildman–Crippen MR) is 101 cm³/mol. The van der Waals surface area contributed by atoms with E-state index in [9.17, 15) is 14.3 Å². The lowest BCUT2D eigenvalue weighted by Crippen LogP contribution is -2.23. The van der Waals surface area contributed by atoms with Gasteiger partial charge in [-0.15, -0.1) is 0 Å². The number of furan rings is 1. The quantitative estimate of drug-likeness (QED) is 0.588. The predicted octanol–water partition coefficient (Wildman–Crippen LogP) is 3.63.